The van der Waals surface area contributed by atoms with Gasteiger partial charge in [-0.1, -0.05) is 12.2 Å². The summed E-state index contributed by atoms with van der Waals surface area (Å²) in [5, 5.41) is 0. The van der Waals surface area contributed by atoms with Crippen LogP contribution in [0, 0.1) is 11.6 Å². The Labute approximate surface area is 58.7 Å². The Morgan fingerprint density at radius 3 is 2.78 bits per heavy atom. The zero-order valence-electron chi connectivity index (χ0n) is 5.14. The molecule has 0 aliphatic carbocycles. The average Bonchev–Trinajstić information content (AvgIpc) is 1.80. The largest absolute Gasteiger partial charge is 0.396 e. The summed E-state index contributed by atoms with van der Waals surface area (Å²) in [6.07, 6.45) is 1.83. The average molecular weight is 140 g/mol. The molecule has 0 atom stereocenters. The molecule has 0 amide bonds. The third-order valence-electron chi connectivity index (χ3n) is 1.08. The normalized spacial score (nSPS) is 9.44. The molecule has 1 rings (SSSR count). The molecule has 0 fully saturated rings. The number of H-pyrrole nitrogens is 1. The highest BCUT2D eigenvalue weighted by Gasteiger charge is 1.86. The number of nitrogen functional groups attached to an aromatic ring is 1. The summed E-state index contributed by atoms with van der Waals surface area (Å²) in [4.78, 5) is 2.86. The van der Waals surface area contributed by atoms with Crippen molar-refractivity contribution >= 4 is 17.9 Å². The molecule has 0 saturated carbocycles. The van der Waals surface area contributed by atoms with Gasteiger partial charge in [0.1, 0.15) is 4.64 Å². The predicted molar refractivity (Wildman–Crippen MR) is 40.8 cm³/mol. The van der Waals surface area contributed by atoms with Crippen LogP contribution >= 0.6 is 12.2 Å². The van der Waals surface area contributed by atoms with Gasteiger partial charge in [-0.25, -0.2) is 0 Å². The summed E-state index contributed by atoms with van der Waals surface area (Å²) in [7, 11) is 0. The van der Waals surface area contributed by atoms with Crippen LogP contribution in [0.1, 0.15) is 5.56 Å². The molecule has 1 aromatic heterocycles. The van der Waals surface area contributed by atoms with Gasteiger partial charge in [0.25, 0.3) is 0 Å². The van der Waals surface area contributed by atoms with Gasteiger partial charge in [-0.2, -0.15) is 0 Å². The van der Waals surface area contributed by atoms with Crippen molar-refractivity contribution in [1.29, 1.82) is 0 Å². The Morgan fingerprint density at radius 2 is 2.33 bits per heavy atom. The van der Waals surface area contributed by atoms with E-state index in [0.717, 1.165) is 5.56 Å². The molecule has 48 valence electrons. The molecule has 3 N–H and O–H groups in total. The first-order chi connectivity index (χ1) is 4.20. The molecule has 0 bridgehead atoms. The molecule has 0 radical (unpaired) electrons. The summed E-state index contributed by atoms with van der Waals surface area (Å²) < 4.78 is 0.612. The highest BCUT2D eigenvalue weighted by molar-refractivity contribution is 7.71. The maximum atomic E-state index is 5.49. The van der Waals surface area contributed by atoms with Gasteiger partial charge in [0, 0.05) is 6.20 Å². The van der Waals surface area contributed by atoms with Crippen molar-refractivity contribution in [2.75, 3.05) is 5.73 Å². The van der Waals surface area contributed by atoms with Crippen LogP contribution < -0.4 is 5.73 Å². The van der Waals surface area contributed by atoms with E-state index in [9.17, 15) is 0 Å². The molecule has 9 heavy (non-hydrogen) atoms. The predicted octanol–water partition coefficient (Wildman–Crippen LogP) is 1.63. The molecule has 0 unspecified atom stereocenters. The number of nitrogens with two attached hydrogens (primary N) is 1. The number of anilines is 1. The van der Waals surface area contributed by atoms with Crippen molar-refractivity contribution in [1.82, 2.24) is 4.98 Å². The lowest BCUT2D eigenvalue weighted by atomic mass is 10.3. The van der Waals surface area contributed by atoms with Crippen molar-refractivity contribution in [3.8, 4) is 0 Å². The number of pyridine rings is 1. The number of hydrogen-bond acceptors (Lipinski definition) is 2. The zero-order valence-corrected chi connectivity index (χ0v) is 5.96. The van der Waals surface area contributed by atoms with Crippen molar-refractivity contribution in [3.63, 3.8) is 0 Å². The van der Waals surface area contributed by atoms with Crippen LogP contribution in [0.4, 0.5) is 5.69 Å². The van der Waals surface area contributed by atoms with E-state index < -0.39 is 0 Å². The number of nitrogens with one attached hydrogen (secondary N) is 1. The Bertz CT molecular complexity index is 264. The van der Waals surface area contributed by atoms with E-state index in [2.05, 4.69) is 4.98 Å². The third kappa shape index (κ3) is 1.29. The molecule has 1 heterocycles. The van der Waals surface area contributed by atoms with E-state index in [-0.39, 0.29) is 0 Å². The third-order valence-corrected chi connectivity index (χ3v) is 1.43. The van der Waals surface area contributed by atoms with Crippen LogP contribution in [0.25, 0.3) is 0 Å². The van der Waals surface area contributed by atoms with Gasteiger partial charge in [-0.15, -0.1) is 0 Å². The fourth-order valence-corrected chi connectivity index (χ4v) is 0.733. The fraction of sp³-hybridized carbons (Fsp3) is 0.167. The van der Waals surface area contributed by atoms with Crippen LogP contribution in [0.3, 0.4) is 0 Å². The summed E-state index contributed by atoms with van der Waals surface area (Å²) in [6, 6.07) is 1.85. The zero-order chi connectivity index (χ0) is 6.85. The standard InChI is InChI=1S/C6H8N2S/c1-4-2-5(7)6(9)8-3-4/h2-3H,7H2,1H3,(H,8,9). The van der Waals surface area contributed by atoms with Crippen LogP contribution in [-0.2, 0) is 0 Å². The van der Waals surface area contributed by atoms with E-state index in [1.807, 2.05) is 19.2 Å². The lowest BCUT2D eigenvalue weighted by Crippen LogP contribution is -1.88. The Morgan fingerprint density at radius 1 is 1.67 bits per heavy atom. The topological polar surface area (TPSA) is 41.8 Å². The van der Waals surface area contributed by atoms with Gasteiger partial charge >= 0.3 is 0 Å². The van der Waals surface area contributed by atoms with Crippen molar-refractivity contribution in [2.24, 2.45) is 0 Å². The Kier molecular flexibility index (Phi) is 1.53. The second kappa shape index (κ2) is 2.19. The Balaban J connectivity index is 3.34. The van der Waals surface area contributed by atoms with E-state index in [4.69, 9.17) is 18.0 Å². The molecule has 0 spiro atoms. The lowest BCUT2D eigenvalue weighted by Gasteiger charge is -1.93. The highest BCUT2D eigenvalue weighted by Crippen LogP contribution is 2.03. The van der Waals surface area contributed by atoms with E-state index in [1.54, 1.807) is 0 Å². The van der Waals surface area contributed by atoms with E-state index in [0.29, 0.717) is 10.3 Å². The molecule has 1 aromatic rings. The molecule has 2 nitrogen and oxygen atoms in total. The maximum absolute atomic E-state index is 5.49. The van der Waals surface area contributed by atoms with Crippen LogP contribution in [0.15, 0.2) is 12.3 Å². The second-order valence-electron chi connectivity index (χ2n) is 1.96. The SMILES string of the molecule is Cc1c[nH]c(=S)c(N)c1. The van der Waals surface area contributed by atoms with Crippen molar-refractivity contribution < 1.29 is 0 Å². The van der Waals surface area contributed by atoms with Gasteiger partial charge in [0.15, 0.2) is 0 Å². The molecule has 3 heteroatoms. The summed E-state index contributed by atoms with van der Waals surface area (Å²) in [5.74, 6) is 0. The summed E-state index contributed by atoms with van der Waals surface area (Å²) in [5.41, 5.74) is 7.23. The number of aryl methyl sites for hydroxylation is 1. The minimum absolute atomic E-state index is 0.612. The second-order valence-corrected chi connectivity index (χ2v) is 2.37. The van der Waals surface area contributed by atoms with Gasteiger partial charge in [0.05, 0.1) is 5.69 Å². The summed E-state index contributed by atoms with van der Waals surface area (Å²) in [6.45, 7) is 1.96. The Hall–Kier alpha value is -0.830. The lowest BCUT2D eigenvalue weighted by molar-refractivity contribution is 1.25. The minimum atomic E-state index is 0.612. The van der Waals surface area contributed by atoms with Crippen LogP contribution in [0.2, 0.25) is 0 Å². The van der Waals surface area contributed by atoms with Gasteiger partial charge < -0.3 is 10.7 Å². The van der Waals surface area contributed by atoms with Crippen molar-refractivity contribution in [3.05, 3.63) is 22.5 Å². The molecule has 0 aliphatic rings. The fourth-order valence-electron chi connectivity index (χ4n) is 0.615. The number of rotatable bonds is 0. The van der Waals surface area contributed by atoms with E-state index in [1.165, 1.54) is 0 Å². The van der Waals surface area contributed by atoms with Gasteiger partial charge in [0.2, 0.25) is 0 Å². The molecular formula is C6H8N2S. The maximum Gasteiger partial charge on any atom is 0.126 e. The van der Waals surface area contributed by atoms with Crippen LogP contribution in [0.5, 0.6) is 0 Å². The monoisotopic (exact) mass is 140 g/mol. The first kappa shape index (κ1) is 6.29. The molecule has 0 saturated heterocycles. The molecule has 0 aliphatic heterocycles. The minimum Gasteiger partial charge on any atom is -0.396 e. The van der Waals surface area contributed by atoms with Gasteiger partial charge in [-0.05, 0) is 18.6 Å². The first-order valence-electron chi connectivity index (χ1n) is 2.65. The quantitative estimate of drug-likeness (QED) is 0.538. The van der Waals surface area contributed by atoms with E-state index >= 15 is 0 Å². The smallest absolute Gasteiger partial charge is 0.126 e. The number of aromatic nitrogens is 1. The molecule has 0 aromatic carbocycles. The van der Waals surface area contributed by atoms with Crippen molar-refractivity contribution in [2.45, 2.75) is 6.92 Å². The highest BCUT2D eigenvalue weighted by atomic mass is 32.1. The van der Waals surface area contributed by atoms with Gasteiger partial charge in [-0.3, -0.25) is 0 Å². The number of hydrogen-bond donors (Lipinski definition) is 2. The first-order valence-corrected chi connectivity index (χ1v) is 3.06. The van der Waals surface area contributed by atoms with Crippen LogP contribution in [-0.4, -0.2) is 4.98 Å². The number of aromatic amines is 1. The summed E-state index contributed by atoms with van der Waals surface area (Å²) >= 11 is 4.83. The molecular weight excluding hydrogens is 132 g/mol.